The van der Waals surface area contributed by atoms with Crippen LogP contribution in [0.1, 0.15) is 25.7 Å². The zero-order chi connectivity index (χ0) is 8.28. The summed E-state index contributed by atoms with van der Waals surface area (Å²) in [6.07, 6.45) is 3.94. The van der Waals surface area contributed by atoms with E-state index in [2.05, 4.69) is 0 Å². The van der Waals surface area contributed by atoms with Gasteiger partial charge in [-0.15, -0.1) is 0 Å². The van der Waals surface area contributed by atoms with Gasteiger partial charge in [-0.1, -0.05) is 11.8 Å². The molecule has 4 nitrogen and oxygen atoms in total. The quantitative estimate of drug-likeness (QED) is 0.547. The fraction of sp³-hybridized carbons (Fsp3) is 1.00. The predicted octanol–water partition coefficient (Wildman–Crippen LogP) is 1.81. The van der Waals surface area contributed by atoms with Gasteiger partial charge in [0.25, 0.3) is 0 Å². The van der Waals surface area contributed by atoms with Crippen molar-refractivity contribution in [2.24, 2.45) is 0 Å². The van der Waals surface area contributed by atoms with Gasteiger partial charge in [0.1, 0.15) is 11.9 Å². The highest BCUT2D eigenvalue weighted by Crippen LogP contribution is 2.35. The summed E-state index contributed by atoms with van der Waals surface area (Å²) in [6, 6.07) is 0. The maximum Gasteiger partial charge on any atom is 0.234 e. The van der Waals surface area contributed by atoms with Crippen LogP contribution in [0.3, 0.4) is 0 Å². The number of hydrogen-bond donors (Lipinski definition) is 0. The molecular formula is C7H12O4S. The van der Waals surface area contributed by atoms with Gasteiger partial charge in [-0.25, -0.2) is 9.78 Å². The third-order valence-corrected chi connectivity index (χ3v) is 2.58. The van der Waals surface area contributed by atoms with Gasteiger partial charge in [-0.05, 0) is 12.8 Å². The normalized spacial score (nSPS) is 30.0. The van der Waals surface area contributed by atoms with Crippen LogP contribution in [0.5, 0.6) is 0 Å². The SMILES string of the molecule is C1CCC2(C1)OOCSCOO2. The molecular weight excluding hydrogens is 180 g/mol. The number of thioether (sulfide) groups is 1. The van der Waals surface area contributed by atoms with Gasteiger partial charge in [-0.3, -0.25) is 0 Å². The molecule has 0 aromatic carbocycles. The van der Waals surface area contributed by atoms with Crippen molar-refractivity contribution in [2.45, 2.75) is 31.5 Å². The van der Waals surface area contributed by atoms with Gasteiger partial charge in [-0.2, -0.15) is 9.78 Å². The molecule has 0 atom stereocenters. The highest BCUT2D eigenvalue weighted by molar-refractivity contribution is 7.98. The van der Waals surface area contributed by atoms with Gasteiger partial charge in [0, 0.05) is 12.8 Å². The molecule has 1 heterocycles. The van der Waals surface area contributed by atoms with E-state index < -0.39 is 5.79 Å². The van der Waals surface area contributed by atoms with Gasteiger partial charge in [0.05, 0.1) is 0 Å². The van der Waals surface area contributed by atoms with Crippen molar-refractivity contribution in [3.63, 3.8) is 0 Å². The molecule has 2 rings (SSSR count). The largest absolute Gasteiger partial charge is 0.234 e. The van der Waals surface area contributed by atoms with E-state index in [9.17, 15) is 0 Å². The standard InChI is InChI=1S/C7H12O4S/c1-2-4-7(3-1)10-8-5-12-6-9-11-7/h1-6H2. The lowest BCUT2D eigenvalue weighted by atomic mass is 10.2. The van der Waals surface area contributed by atoms with Gasteiger partial charge in [0.2, 0.25) is 5.79 Å². The van der Waals surface area contributed by atoms with E-state index in [1.807, 2.05) is 0 Å². The molecule has 1 saturated heterocycles. The molecule has 0 bridgehead atoms. The highest BCUT2D eigenvalue weighted by atomic mass is 32.2. The van der Waals surface area contributed by atoms with E-state index >= 15 is 0 Å². The van der Waals surface area contributed by atoms with Crippen molar-refractivity contribution >= 4 is 11.8 Å². The summed E-state index contributed by atoms with van der Waals surface area (Å²) < 4.78 is 0. The topological polar surface area (TPSA) is 36.9 Å². The molecule has 0 aromatic rings. The lowest BCUT2D eigenvalue weighted by Gasteiger charge is -2.27. The highest BCUT2D eigenvalue weighted by Gasteiger charge is 2.39. The molecule has 1 aliphatic heterocycles. The third kappa shape index (κ3) is 1.92. The first-order valence-electron chi connectivity index (χ1n) is 4.10. The molecule has 5 heteroatoms. The Balaban J connectivity index is 1.92. The Labute approximate surface area is 75.4 Å². The molecule has 0 aromatic heterocycles. The van der Waals surface area contributed by atoms with Gasteiger partial charge in [0.15, 0.2) is 0 Å². The molecule has 2 fully saturated rings. The fourth-order valence-electron chi connectivity index (χ4n) is 1.46. The van der Waals surface area contributed by atoms with E-state index in [0.717, 1.165) is 25.7 Å². The van der Waals surface area contributed by atoms with Crippen LogP contribution in [0, 0.1) is 0 Å². The van der Waals surface area contributed by atoms with Crippen LogP contribution < -0.4 is 0 Å². The summed E-state index contributed by atoms with van der Waals surface area (Å²) >= 11 is 1.48. The first-order chi connectivity index (χ1) is 5.91. The first kappa shape index (κ1) is 8.77. The van der Waals surface area contributed by atoms with Crippen LogP contribution in [0.15, 0.2) is 0 Å². The molecule has 2 aliphatic rings. The fourth-order valence-corrected chi connectivity index (χ4v) is 1.76. The van der Waals surface area contributed by atoms with E-state index in [1.165, 1.54) is 11.8 Å². The van der Waals surface area contributed by atoms with Crippen LogP contribution in [0.25, 0.3) is 0 Å². The van der Waals surface area contributed by atoms with Crippen LogP contribution in [0.4, 0.5) is 0 Å². The van der Waals surface area contributed by atoms with Crippen LogP contribution in [0.2, 0.25) is 0 Å². The summed E-state index contributed by atoms with van der Waals surface area (Å²) in [5, 5.41) is 0. The monoisotopic (exact) mass is 192 g/mol. The molecule has 70 valence electrons. The lowest BCUT2D eigenvalue weighted by molar-refractivity contribution is -0.505. The summed E-state index contributed by atoms with van der Waals surface area (Å²) in [4.78, 5) is 20.3. The molecule has 0 radical (unpaired) electrons. The molecule has 0 unspecified atom stereocenters. The Kier molecular flexibility index (Phi) is 2.87. The molecule has 12 heavy (non-hydrogen) atoms. The minimum Gasteiger partial charge on any atom is -0.223 e. The van der Waals surface area contributed by atoms with Crippen LogP contribution in [-0.2, 0) is 19.6 Å². The number of hydrogen-bond acceptors (Lipinski definition) is 5. The second-order valence-corrected chi connectivity index (χ2v) is 3.84. The first-order valence-corrected chi connectivity index (χ1v) is 5.26. The minimum atomic E-state index is -0.610. The van der Waals surface area contributed by atoms with E-state index in [1.54, 1.807) is 0 Å². The average molecular weight is 192 g/mol. The minimum absolute atomic E-state index is 0.505. The molecule has 1 spiro atoms. The van der Waals surface area contributed by atoms with Gasteiger partial charge < -0.3 is 0 Å². The van der Waals surface area contributed by atoms with Crippen molar-refractivity contribution in [1.29, 1.82) is 0 Å². The van der Waals surface area contributed by atoms with Crippen molar-refractivity contribution in [1.82, 2.24) is 0 Å². The van der Waals surface area contributed by atoms with Crippen LogP contribution in [-0.4, -0.2) is 17.7 Å². The third-order valence-electron chi connectivity index (χ3n) is 2.05. The summed E-state index contributed by atoms with van der Waals surface area (Å²) in [5.74, 6) is 0.400. The average Bonchev–Trinajstić information content (AvgIpc) is 2.47. The summed E-state index contributed by atoms with van der Waals surface area (Å²) in [5.41, 5.74) is 0. The van der Waals surface area contributed by atoms with Crippen molar-refractivity contribution in [3.05, 3.63) is 0 Å². The molecule has 1 aliphatic carbocycles. The number of rotatable bonds is 0. The predicted molar refractivity (Wildman–Crippen MR) is 42.9 cm³/mol. The van der Waals surface area contributed by atoms with Gasteiger partial charge >= 0.3 is 0 Å². The molecule has 0 amide bonds. The van der Waals surface area contributed by atoms with E-state index in [-0.39, 0.29) is 0 Å². The van der Waals surface area contributed by atoms with E-state index in [4.69, 9.17) is 19.6 Å². The maximum atomic E-state index is 5.16. The Bertz CT molecular complexity index is 136. The molecule has 0 N–H and O–H groups in total. The zero-order valence-corrected chi connectivity index (χ0v) is 7.60. The Morgan fingerprint density at radius 2 is 1.50 bits per heavy atom. The van der Waals surface area contributed by atoms with Crippen molar-refractivity contribution < 1.29 is 19.6 Å². The smallest absolute Gasteiger partial charge is 0.223 e. The molecule has 1 saturated carbocycles. The Morgan fingerprint density at radius 1 is 0.917 bits per heavy atom. The second-order valence-electron chi connectivity index (χ2n) is 2.96. The van der Waals surface area contributed by atoms with Crippen molar-refractivity contribution in [3.8, 4) is 0 Å². The van der Waals surface area contributed by atoms with E-state index in [0.29, 0.717) is 11.9 Å². The Hall–Kier alpha value is 0.190. The second kappa shape index (κ2) is 3.93. The maximum absolute atomic E-state index is 5.16. The van der Waals surface area contributed by atoms with Crippen molar-refractivity contribution in [2.75, 3.05) is 11.9 Å². The van der Waals surface area contributed by atoms with Crippen LogP contribution >= 0.6 is 11.8 Å². The summed E-state index contributed by atoms with van der Waals surface area (Å²) in [6.45, 7) is 0. The zero-order valence-electron chi connectivity index (χ0n) is 6.78. The lowest BCUT2D eigenvalue weighted by Crippen LogP contribution is -2.34. The Morgan fingerprint density at radius 3 is 2.08 bits per heavy atom. The summed E-state index contributed by atoms with van der Waals surface area (Å²) in [7, 11) is 0.